The van der Waals surface area contributed by atoms with E-state index in [1.165, 1.54) is 0 Å². The molecule has 1 heterocycles. The number of unbranched alkanes of at least 4 members (excludes halogenated alkanes) is 1. The molecule has 1 N–H and O–H groups in total. The van der Waals surface area contributed by atoms with Crippen LogP contribution in [-0.4, -0.2) is 32.6 Å². The van der Waals surface area contributed by atoms with Crippen molar-refractivity contribution in [3.8, 4) is 0 Å². The molecule has 0 aromatic carbocycles. The molecule has 6 heteroatoms. The van der Waals surface area contributed by atoms with Crippen molar-refractivity contribution in [2.45, 2.75) is 52.5 Å². The monoisotopic (exact) mass is 312 g/mol. The van der Waals surface area contributed by atoms with Crippen LogP contribution in [-0.2, 0) is 30.6 Å². The van der Waals surface area contributed by atoms with Gasteiger partial charge < -0.3 is 5.11 Å². The Morgan fingerprint density at radius 1 is 1.29 bits per heavy atom. The number of thioether (sulfide) groups is 1. The summed E-state index contributed by atoms with van der Waals surface area (Å²) in [4.78, 5) is 27.4. The number of carboxylic acid groups (broad SMARTS) is 1. The Balaban J connectivity index is 3.16. The number of hydrogen-bond acceptors (Lipinski definition) is 4. The lowest BCUT2D eigenvalue weighted by atomic mass is 10.0. The van der Waals surface area contributed by atoms with Crippen LogP contribution in [0.3, 0.4) is 0 Å². The molecule has 118 valence electrons. The van der Waals surface area contributed by atoms with E-state index in [2.05, 4.69) is 11.2 Å². The minimum absolute atomic E-state index is 0.0650. The van der Waals surface area contributed by atoms with Gasteiger partial charge in [-0.15, -0.1) is 0 Å². The zero-order valence-electron chi connectivity index (χ0n) is 13.0. The van der Waals surface area contributed by atoms with Crippen LogP contribution in [0.15, 0.2) is 4.79 Å². The molecule has 0 spiro atoms. The van der Waals surface area contributed by atoms with Gasteiger partial charge >= 0.3 is 11.7 Å². The van der Waals surface area contributed by atoms with E-state index >= 15 is 0 Å². The first-order valence-corrected chi connectivity index (χ1v) is 8.76. The van der Waals surface area contributed by atoms with Gasteiger partial charge in [-0.25, -0.2) is 4.79 Å². The summed E-state index contributed by atoms with van der Waals surface area (Å²) in [6.45, 7) is 4.47. The second kappa shape index (κ2) is 8.87. The summed E-state index contributed by atoms with van der Waals surface area (Å²) in [7, 11) is 0. The van der Waals surface area contributed by atoms with Gasteiger partial charge in [0.15, 0.2) is 0 Å². The van der Waals surface area contributed by atoms with Crippen molar-refractivity contribution in [2.75, 3.05) is 12.0 Å². The third kappa shape index (κ3) is 4.88. The van der Waals surface area contributed by atoms with Crippen molar-refractivity contribution in [3.63, 3.8) is 0 Å². The fourth-order valence-corrected chi connectivity index (χ4v) is 2.98. The van der Waals surface area contributed by atoms with Gasteiger partial charge in [0.1, 0.15) is 0 Å². The maximum atomic E-state index is 12.2. The molecule has 21 heavy (non-hydrogen) atoms. The number of rotatable bonds is 9. The van der Waals surface area contributed by atoms with E-state index in [1.54, 1.807) is 16.3 Å². The maximum absolute atomic E-state index is 12.2. The molecule has 1 aromatic rings. The second-order valence-electron chi connectivity index (χ2n) is 4.90. The third-order valence-corrected chi connectivity index (χ3v) is 4.16. The Morgan fingerprint density at radius 2 is 2.00 bits per heavy atom. The second-order valence-corrected chi connectivity index (χ2v) is 5.88. The molecular formula is C15H24N2O3S. The number of carbonyl (C=O) groups is 1. The molecule has 5 nitrogen and oxygen atoms in total. The molecule has 0 amide bonds. The molecule has 0 saturated carbocycles. The minimum atomic E-state index is -0.881. The van der Waals surface area contributed by atoms with E-state index in [0.717, 1.165) is 29.9 Å². The quantitative estimate of drug-likeness (QED) is 0.707. The van der Waals surface area contributed by atoms with Crippen LogP contribution in [0.1, 0.15) is 43.6 Å². The molecule has 0 aliphatic rings. The summed E-state index contributed by atoms with van der Waals surface area (Å²) in [5.74, 6) is 0.187. The molecule has 0 aliphatic heterocycles. The summed E-state index contributed by atoms with van der Waals surface area (Å²) >= 11 is 1.79. The first-order valence-electron chi connectivity index (χ1n) is 7.37. The normalized spacial score (nSPS) is 10.8. The Bertz CT molecular complexity index is 540. The van der Waals surface area contributed by atoms with Gasteiger partial charge in [-0.3, -0.25) is 9.36 Å². The highest BCUT2D eigenvalue weighted by atomic mass is 32.2. The summed E-state index contributed by atoms with van der Waals surface area (Å²) in [6.07, 6.45) is 5.18. The standard InChI is InChI=1S/C15H24N2O3S/c1-4-12-11(10-14(18)19)13(5-2)17(15(20)16-12)8-6-7-9-21-3/h4-10H2,1-3H3,(H,18,19). The number of aryl methyl sites for hydroxylation is 1. The summed E-state index contributed by atoms with van der Waals surface area (Å²) in [5, 5.41) is 9.10. The minimum Gasteiger partial charge on any atom is -0.481 e. The van der Waals surface area contributed by atoms with E-state index in [9.17, 15) is 9.59 Å². The molecule has 0 radical (unpaired) electrons. The lowest BCUT2D eigenvalue weighted by molar-refractivity contribution is -0.136. The van der Waals surface area contributed by atoms with Crippen molar-refractivity contribution in [2.24, 2.45) is 0 Å². The zero-order valence-corrected chi connectivity index (χ0v) is 13.8. The van der Waals surface area contributed by atoms with Crippen LogP contribution in [0.2, 0.25) is 0 Å². The van der Waals surface area contributed by atoms with Crippen molar-refractivity contribution in [1.82, 2.24) is 9.55 Å². The lowest BCUT2D eigenvalue weighted by Gasteiger charge is -2.17. The van der Waals surface area contributed by atoms with Gasteiger partial charge in [-0.05, 0) is 37.7 Å². The smallest absolute Gasteiger partial charge is 0.347 e. The highest BCUT2D eigenvalue weighted by molar-refractivity contribution is 7.98. The van der Waals surface area contributed by atoms with Crippen LogP contribution in [0.5, 0.6) is 0 Å². The number of aromatic nitrogens is 2. The van der Waals surface area contributed by atoms with Crippen LogP contribution < -0.4 is 5.69 Å². The maximum Gasteiger partial charge on any atom is 0.347 e. The van der Waals surface area contributed by atoms with Crippen molar-refractivity contribution >= 4 is 17.7 Å². The molecular weight excluding hydrogens is 288 g/mol. The van der Waals surface area contributed by atoms with Gasteiger partial charge in [-0.1, -0.05) is 13.8 Å². The van der Waals surface area contributed by atoms with E-state index < -0.39 is 5.97 Å². The predicted molar refractivity (Wildman–Crippen MR) is 86.2 cm³/mol. The molecule has 0 bridgehead atoms. The molecule has 0 fully saturated rings. The Hall–Kier alpha value is -1.30. The Kier molecular flexibility index (Phi) is 7.50. The number of nitrogens with zero attached hydrogens (tertiary/aromatic N) is 2. The fourth-order valence-electron chi connectivity index (χ4n) is 2.49. The van der Waals surface area contributed by atoms with E-state index in [1.807, 2.05) is 13.8 Å². The number of hydrogen-bond donors (Lipinski definition) is 1. The van der Waals surface area contributed by atoms with Crippen molar-refractivity contribution < 1.29 is 9.90 Å². The number of carboxylic acids is 1. The summed E-state index contributed by atoms with van der Waals surface area (Å²) in [6, 6.07) is 0. The van der Waals surface area contributed by atoms with Crippen LogP contribution in [0, 0.1) is 0 Å². The molecule has 1 rings (SSSR count). The van der Waals surface area contributed by atoms with Gasteiger partial charge in [-0.2, -0.15) is 16.7 Å². The highest BCUT2D eigenvalue weighted by Gasteiger charge is 2.17. The zero-order chi connectivity index (χ0) is 15.8. The Morgan fingerprint density at radius 3 is 2.52 bits per heavy atom. The largest absolute Gasteiger partial charge is 0.481 e. The highest BCUT2D eigenvalue weighted by Crippen LogP contribution is 2.15. The lowest BCUT2D eigenvalue weighted by Crippen LogP contribution is -2.30. The Labute approximate surface area is 129 Å². The van der Waals surface area contributed by atoms with Gasteiger partial charge in [0.25, 0.3) is 0 Å². The fraction of sp³-hybridized carbons (Fsp3) is 0.667. The molecule has 0 atom stereocenters. The van der Waals surface area contributed by atoms with E-state index in [-0.39, 0.29) is 12.1 Å². The first-order chi connectivity index (χ1) is 10.0. The molecule has 1 aromatic heterocycles. The van der Waals surface area contributed by atoms with Crippen LogP contribution >= 0.6 is 11.8 Å². The topological polar surface area (TPSA) is 72.2 Å². The van der Waals surface area contributed by atoms with Gasteiger partial charge in [0, 0.05) is 17.8 Å². The van der Waals surface area contributed by atoms with Crippen molar-refractivity contribution in [3.05, 3.63) is 27.4 Å². The van der Waals surface area contributed by atoms with Crippen molar-refractivity contribution in [1.29, 1.82) is 0 Å². The number of aliphatic carboxylic acids is 1. The average molecular weight is 312 g/mol. The first kappa shape index (κ1) is 17.8. The molecule has 0 unspecified atom stereocenters. The SMILES string of the molecule is CCc1nc(=O)n(CCCCSC)c(CC)c1CC(=O)O. The van der Waals surface area contributed by atoms with Gasteiger partial charge in [0.05, 0.1) is 12.1 Å². The molecule has 0 aliphatic carbocycles. The van der Waals surface area contributed by atoms with E-state index in [0.29, 0.717) is 25.1 Å². The van der Waals surface area contributed by atoms with Gasteiger partial charge in [0.2, 0.25) is 0 Å². The summed E-state index contributed by atoms with van der Waals surface area (Å²) in [5.41, 5.74) is 1.93. The van der Waals surface area contributed by atoms with E-state index in [4.69, 9.17) is 5.11 Å². The van der Waals surface area contributed by atoms with Crippen LogP contribution in [0.4, 0.5) is 0 Å². The predicted octanol–water partition coefficient (Wildman–Crippen LogP) is 2.14. The third-order valence-electron chi connectivity index (χ3n) is 3.46. The summed E-state index contributed by atoms with van der Waals surface area (Å²) < 4.78 is 1.66. The van der Waals surface area contributed by atoms with Crippen LogP contribution in [0.25, 0.3) is 0 Å². The average Bonchev–Trinajstić information content (AvgIpc) is 2.45. The molecule has 0 saturated heterocycles.